The molecule has 0 heterocycles. The molecule has 1 saturated carbocycles. The molecule has 0 amide bonds. The highest BCUT2D eigenvalue weighted by atomic mass is 16.1. The third kappa shape index (κ3) is 1.47. The highest BCUT2D eigenvalue weighted by Gasteiger charge is 2.37. The van der Waals surface area contributed by atoms with Gasteiger partial charge in [0.15, 0.2) is 0 Å². The molecule has 1 fully saturated rings. The Balaban J connectivity index is 2.72. The first-order valence-corrected chi connectivity index (χ1v) is 4.64. The minimum absolute atomic E-state index is 0.0116. The standard InChI is InChI=1S/C10H18O/c1-4-10(3)7-5-6-8(2)9(10)11/h8H,4-7H2,1-3H3/t8?,10-/m0/s1. The van der Waals surface area contributed by atoms with Gasteiger partial charge in [-0.25, -0.2) is 0 Å². The SMILES string of the molecule is CC[C@@]1(C)CCCC(C)C1=O. The van der Waals surface area contributed by atoms with Crippen LogP contribution in [0.15, 0.2) is 0 Å². The molecule has 1 nitrogen and oxygen atoms in total. The predicted octanol–water partition coefficient (Wildman–Crippen LogP) is 2.79. The Kier molecular flexibility index (Phi) is 2.36. The molecule has 1 unspecified atom stereocenters. The summed E-state index contributed by atoms with van der Waals surface area (Å²) in [6.45, 7) is 6.30. The molecule has 0 saturated heterocycles. The van der Waals surface area contributed by atoms with Crippen LogP contribution < -0.4 is 0 Å². The Morgan fingerprint density at radius 2 is 2.27 bits per heavy atom. The molecule has 0 spiro atoms. The van der Waals surface area contributed by atoms with Gasteiger partial charge in [-0.15, -0.1) is 0 Å². The van der Waals surface area contributed by atoms with Crippen molar-refractivity contribution in [1.82, 2.24) is 0 Å². The van der Waals surface area contributed by atoms with Crippen LogP contribution in [-0.4, -0.2) is 5.78 Å². The summed E-state index contributed by atoms with van der Waals surface area (Å²) in [6, 6.07) is 0. The molecule has 11 heavy (non-hydrogen) atoms. The van der Waals surface area contributed by atoms with Crippen LogP contribution in [0.4, 0.5) is 0 Å². The van der Waals surface area contributed by atoms with Crippen LogP contribution in [0.25, 0.3) is 0 Å². The van der Waals surface area contributed by atoms with E-state index in [2.05, 4.69) is 20.8 Å². The van der Waals surface area contributed by atoms with Crippen LogP contribution in [0.5, 0.6) is 0 Å². The van der Waals surface area contributed by atoms with Crippen molar-refractivity contribution in [2.45, 2.75) is 46.5 Å². The summed E-state index contributed by atoms with van der Waals surface area (Å²) in [5.74, 6) is 0.806. The quantitative estimate of drug-likeness (QED) is 0.567. The molecule has 1 aliphatic rings. The number of carbonyl (C=O) groups excluding carboxylic acids is 1. The maximum absolute atomic E-state index is 11.7. The molecule has 64 valence electrons. The monoisotopic (exact) mass is 154 g/mol. The summed E-state index contributed by atoms with van der Waals surface area (Å²) in [7, 11) is 0. The molecule has 0 bridgehead atoms. The lowest BCUT2D eigenvalue weighted by Crippen LogP contribution is -2.35. The third-order valence-electron chi connectivity index (χ3n) is 3.19. The molecule has 0 aromatic carbocycles. The Morgan fingerprint density at radius 1 is 1.64 bits per heavy atom. The minimum Gasteiger partial charge on any atom is -0.299 e. The number of hydrogen-bond acceptors (Lipinski definition) is 1. The molecule has 0 N–H and O–H groups in total. The number of rotatable bonds is 1. The van der Waals surface area contributed by atoms with Crippen LogP contribution in [0, 0.1) is 11.3 Å². The van der Waals surface area contributed by atoms with E-state index >= 15 is 0 Å². The van der Waals surface area contributed by atoms with Crippen LogP contribution in [-0.2, 0) is 4.79 Å². The second-order valence-electron chi connectivity index (χ2n) is 4.07. The van der Waals surface area contributed by atoms with Crippen molar-refractivity contribution >= 4 is 5.78 Å². The number of carbonyl (C=O) groups is 1. The van der Waals surface area contributed by atoms with E-state index in [1.165, 1.54) is 6.42 Å². The summed E-state index contributed by atoms with van der Waals surface area (Å²) >= 11 is 0. The fraction of sp³-hybridized carbons (Fsp3) is 0.900. The molecule has 1 heteroatoms. The first-order chi connectivity index (χ1) is 5.10. The first kappa shape index (κ1) is 8.76. The minimum atomic E-state index is 0.0116. The fourth-order valence-electron chi connectivity index (χ4n) is 2.00. The van der Waals surface area contributed by atoms with E-state index in [0.29, 0.717) is 11.7 Å². The van der Waals surface area contributed by atoms with E-state index in [9.17, 15) is 4.79 Å². The zero-order valence-electron chi connectivity index (χ0n) is 7.81. The van der Waals surface area contributed by atoms with Gasteiger partial charge in [0, 0.05) is 11.3 Å². The van der Waals surface area contributed by atoms with Crippen LogP contribution in [0.2, 0.25) is 0 Å². The van der Waals surface area contributed by atoms with E-state index in [-0.39, 0.29) is 5.41 Å². The third-order valence-corrected chi connectivity index (χ3v) is 3.19. The Hall–Kier alpha value is -0.330. The topological polar surface area (TPSA) is 17.1 Å². The van der Waals surface area contributed by atoms with Crippen molar-refractivity contribution in [3.63, 3.8) is 0 Å². The first-order valence-electron chi connectivity index (χ1n) is 4.64. The van der Waals surface area contributed by atoms with Gasteiger partial charge < -0.3 is 0 Å². The van der Waals surface area contributed by atoms with Gasteiger partial charge in [-0.2, -0.15) is 0 Å². The van der Waals surface area contributed by atoms with Crippen molar-refractivity contribution in [2.75, 3.05) is 0 Å². The molecular weight excluding hydrogens is 136 g/mol. The second kappa shape index (κ2) is 2.96. The van der Waals surface area contributed by atoms with Crippen molar-refractivity contribution < 1.29 is 4.79 Å². The zero-order chi connectivity index (χ0) is 8.48. The van der Waals surface area contributed by atoms with Crippen LogP contribution in [0.3, 0.4) is 0 Å². The van der Waals surface area contributed by atoms with E-state index in [4.69, 9.17) is 0 Å². The van der Waals surface area contributed by atoms with Gasteiger partial charge in [-0.3, -0.25) is 4.79 Å². The van der Waals surface area contributed by atoms with E-state index in [1.54, 1.807) is 0 Å². The van der Waals surface area contributed by atoms with Crippen molar-refractivity contribution in [3.05, 3.63) is 0 Å². The van der Waals surface area contributed by atoms with Gasteiger partial charge >= 0.3 is 0 Å². The lowest BCUT2D eigenvalue weighted by Gasteiger charge is -2.34. The summed E-state index contributed by atoms with van der Waals surface area (Å²) in [5.41, 5.74) is 0.0116. The Labute approximate surface area is 69.2 Å². The van der Waals surface area contributed by atoms with Crippen LogP contribution >= 0.6 is 0 Å². The van der Waals surface area contributed by atoms with Crippen LogP contribution in [0.1, 0.15) is 46.5 Å². The van der Waals surface area contributed by atoms with Gasteiger partial charge in [0.25, 0.3) is 0 Å². The number of ketones is 1. The van der Waals surface area contributed by atoms with E-state index in [1.807, 2.05) is 0 Å². The van der Waals surface area contributed by atoms with E-state index in [0.717, 1.165) is 19.3 Å². The molecule has 0 aromatic rings. The van der Waals surface area contributed by atoms with Crippen molar-refractivity contribution in [1.29, 1.82) is 0 Å². The number of Topliss-reactive ketones (excluding diaryl/α,β-unsaturated/α-hetero) is 1. The number of hydrogen-bond donors (Lipinski definition) is 0. The summed E-state index contributed by atoms with van der Waals surface area (Å²) in [5, 5.41) is 0. The fourth-order valence-corrected chi connectivity index (χ4v) is 2.00. The maximum atomic E-state index is 11.7. The smallest absolute Gasteiger partial charge is 0.141 e. The lowest BCUT2D eigenvalue weighted by molar-refractivity contribution is -0.134. The highest BCUT2D eigenvalue weighted by Crippen LogP contribution is 2.37. The largest absolute Gasteiger partial charge is 0.299 e. The van der Waals surface area contributed by atoms with Gasteiger partial charge in [0.2, 0.25) is 0 Å². The average molecular weight is 154 g/mol. The summed E-state index contributed by atoms with van der Waals surface area (Å²) < 4.78 is 0. The van der Waals surface area contributed by atoms with E-state index < -0.39 is 0 Å². The molecule has 1 aliphatic carbocycles. The summed E-state index contributed by atoms with van der Waals surface area (Å²) in [4.78, 5) is 11.7. The lowest BCUT2D eigenvalue weighted by atomic mass is 9.69. The molecular formula is C10H18O. The van der Waals surface area contributed by atoms with Crippen molar-refractivity contribution in [2.24, 2.45) is 11.3 Å². The molecule has 2 atom stereocenters. The normalized spacial score (nSPS) is 39.2. The molecule has 0 aliphatic heterocycles. The maximum Gasteiger partial charge on any atom is 0.141 e. The predicted molar refractivity (Wildman–Crippen MR) is 46.4 cm³/mol. The molecule has 1 rings (SSSR count). The Bertz CT molecular complexity index is 162. The molecule has 0 radical (unpaired) electrons. The average Bonchev–Trinajstić information content (AvgIpc) is 2.00. The molecule has 0 aromatic heterocycles. The Morgan fingerprint density at radius 3 is 2.73 bits per heavy atom. The summed E-state index contributed by atoms with van der Waals surface area (Å²) in [6.07, 6.45) is 4.45. The zero-order valence-corrected chi connectivity index (χ0v) is 7.81. The van der Waals surface area contributed by atoms with Crippen molar-refractivity contribution in [3.8, 4) is 0 Å². The van der Waals surface area contributed by atoms with Gasteiger partial charge in [-0.1, -0.05) is 27.2 Å². The van der Waals surface area contributed by atoms with Gasteiger partial charge in [0.05, 0.1) is 0 Å². The van der Waals surface area contributed by atoms with Gasteiger partial charge in [-0.05, 0) is 19.3 Å². The van der Waals surface area contributed by atoms with Gasteiger partial charge in [0.1, 0.15) is 5.78 Å². The highest BCUT2D eigenvalue weighted by molar-refractivity contribution is 5.86. The second-order valence-corrected chi connectivity index (χ2v) is 4.07.